The topological polar surface area (TPSA) is 29.5 Å². The number of hydrogen-bond donors (Lipinski definition) is 0. The Hall–Kier alpha value is -1.77. The van der Waals surface area contributed by atoms with E-state index in [0.717, 1.165) is 29.9 Å². The minimum atomic E-state index is -0.176. The van der Waals surface area contributed by atoms with E-state index in [9.17, 15) is 4.79 Å². The lowest BCUT2D eigenvalue weighted by molar-refractivity contribution is -0.138. The number of carbonyl (C=O) groups is 1. The smallest absolute Gasteiger partial charge is 0.335 e. The van der Waals surface area contributed by atoms with Gasteiger partial charge in [-0.05, 0) is 39.3 Å². The molecule has 0 N–H and O–H groups in total. The van der Waals surface area contributed by atoms with Gasteiger partial charge in [-0.15, -0.1) is 0 Å². The van der Waals surface area contributed by atoms with Gasteiger partial charge in [0.1, 0.15) is 0 Å². The maximum absolute atomic E-state index is 11.8. The number of rotatable bonds is 3. The van der Waals surface area contributed by atoms with Crippen molar-refractivity contribution in [1.29, 1.82) is 0 Å². The van der Waals surface area contributed by atoms with Crippen LogP contribution in [0.4, 0.5) is 5.69 Å². The van der Waals surface area contributed by atoms with Gasteiger partial charge in [-0.25, -0.2) is 4.79 Å². The van der Waals surface area contributed by atoms with Crippen LogP contribution in [0.1, 0.15) is 25.8 Å². The molecular formula is C15H19NO2. The molecule has 0 fully saturated rings. The van der Waals surface area contributed by atoms with E-state index < -0.39 is 0 Å². The third-order valence-electron chi connectivity index (χ3n) is 3.29. The Bertz CT molecular complexity index is 474. The standard InChI is InChI=1S/C15H19NO2/c1-4-18-15(17)14-9-10-16(12(14)3)13-7-5-11(2)6-8-13/h5-8H,4,9-10H2,1-3H3. The Morgan fingerprint density at radius 2 is 1.94 bits per heavy atom. The van der Waals surface area contributed by atoms with Crippen LogP contribution < -0.4 is 4.90 Å². The second-order valence-corrected chi connectivity index (χ2v) is 4.52. The summed E-state index contributed by atoms with van der Waals surface area (Å²) in [6.45, 7) is 7.17. The van der Waals surface area contributed by atoms with Crippen LogP contribution in [0.5, 0.6) is 0 Å². The zero-order chi connectivity index (χ0) is 13.1. The van der Waals surface area contributed by atoms with Gasteiger partial charge in [0.2, 0.25) is 0 Å². The van der Waals surface area contributed by atoms with Gasteiger partial charge in [0, 0.05) is 17.9 Å². The van der Waals surface area contributed by atoms with Crippen LogP contribution in [0.2, 0.25) is 0 Å². The molecule has 3 heteroatoms. The van der Waals surface area contributed by atoms with Gasteiger partial charge in [-0.2, -0.15) is 0 Å². The molecule has 0 aliphatic carbocycles. The summed E-state index contributed by atoms with van der Waals surface area (Å²) >= 11 is 0. The Morgan fingerprint density at radius 1 is 1.28 bits per heavy atom. The van der Waals surface area contributed by atoms with Crippen molar-refractivity contribution in [2.24, 2.45) is 0 Å². The number of esters is 1. The Labute approximate surface area is 108 Å². The molecule has 1 heterocycles. The average Bonchev–Trinajstić information content (AvgIpc) is 2.73. The van der Waals surface area contributed by atoms with Crippen molar-refractivity contribution in [3.05, 3.63) is 41.1 Å². The predicted molar refractivity (Wildman–Crippen MR) is 72.5 cm³/mol. The number of hydrogen-bond acceptors (Lipinski definition) is 3. The lowest BCUT2D eigenvalue weighted by atomic mass is 10.2. The van der Waals surface area contributed by atoms with E-state index in [1.807, 2.05) is 13.8 Å². The van der Waals surface area contributed by atoms with Crippen molar-refractivity contribution >= 4 is 11.7 Å². The number of carbonyl (C=O) groups excluding carboxylic acids is 1. The normalized spacial score (nSPS) is 15.2. The molecule has 1 aromatic carbocycles. The van der Waals surface area contributed by atoms with Crippen LogP contribution >= 0.6 is 0 Å². The second kappa shape index (κ2) is 5.25. The van der Waals surface area contributed by atoms with Gasteiger partial charge in [-0.1, -0.05) is 17.7 Å². The number of nitrogens with zero attached hydrogens (tertiary/aromatic N) is 1. The molecule has 1 aromatic rings. The minimum absolute atomic E-state index is 0.176. The minimum Gasteiger partial charge on any atom is -0.463 e. The van der Waals surface area contributed by atoms with E-state index >= 15 is 0 Å². The summed E-state index contributed by atoms with van der Waals surface area (Å²) in [6.07, 6.45) is 0.762. The lowest BCUT2D eigenvalue weighted by Crippen LogP contribution is -2.16. The van der Waals surface area contributed by atoms with Crippen LogP contribution in [-0.2, 0) is 9.53 Å². The first-order valence-electron chi connectivity index (χ1n) is 6.34. The molecule has 0 atom stereocenters. The molecule has 1 aliphatic heterocycles. The van der Waals surface area contributed by atoms with Crippen molar-refractivity contribution in [1.82, 2.24) is 0 Å². The fraction of sp³-hybridized carbons (Fsp3) is 0.400. The molecule has 0 aromatic heterocycles. The first kappa shape index (κ1) is 12.7. The molecule has 3 nitrogen and oxygen atoms in total. The van der Waals surface area contributed by atoms with E-state index in [4.69, 9.17) is 4.74 Å². The SMILES string of the molecule is CCOC(=O)C1=C(C)N(c2ccc(C)cc2)CC1. The van der Waals surface area contributed by atoms with Crippen molar-refractivity contribution < 1.29 is 9.53 Å². The molecule has 0 spiro atoms. The molecule has 0 saturated carbocycles. The summed E-state index contributed by atoms with van der Waals surface area (Å²) in [7, 11) is 0. The maximum atomic E-state index is 11.8. The van der Waals surface area contributed by atoms with Crippen LogP contribution in [0.3, 0.4) is 0 Å². The highest BCUT2D eigenvalue weighted by Gasteiger charge is 2.25. The van der Waals surface area contributed by atoms with E-state index in [0.29, 0.717) is 6.61 Å². The fourth-order valence-electron chi connectivity index (χ4n) is 2.25. The Kier molecular flexibility index (Phi) is 3.70. The van der Waals surface area contributed by atoms with Crippen molar-refractivity contribution in [3.8, 4) is 0 Å². The number of allylic oxidation sites excluding steroid dienone is 1. The molecule has 0 bridgehead atoms. The number of anilines is 1. The molecule has 2 rings (SSSR count). The number of ether oxygens (including phenoxy) is 1. The van der Waals surface area contributed by atoms with Gasteiger partial charge in [-0.3, -0.25) is 0 Å². The fourth-order valence-corrected chi connectivity index (χ4v) is 2.25. The zero-order valence-corrected chi connectivity index (χ0v) is 11.2. The summed E-state index contributed by atoms with van der Waals surface area (Å²) in [6, 6.07) is 8.36. The molecule has 0 saturated heterocycles. The summed E-state index contributed by atoms with van der Waals surface area (Å²) in [4.78, 5) is 14.0. The largest absolute Gasteiger partial charge is 0.463 e. The summed E-state index contributed by atoms with van der Waals surface area (Å²) in [5.74, 6) is -0.176. The van der Waals surface area contributed by atoms with E-state index in [-0.39, 0.29) is 5.97 Å². The predicted octanol–water partition coefficient (Wildman–Crippen LogP) is 3.04. The summed E-state index contributed by atoms with van der Waals surface area (Å²) < 4.78 is 5.08. The monoisotopic (exact) mass is 245 g/mol. The molecule has 96 valence electrons. The van der Waals surface area contributed by atoms with Crippen molar-refractivity contribution in [2.75, 3.05) is 18.1 Å². The summed E-state index contributed by atoms with van der Waals surface area (Å²) in [5.41, 5.74) is 4.19. The van der Waals surface area contributed by atoms with E-state index in [1.54, 1.807) is 0 Å². The van der Waals surface area contributed by atoms with Crippen LogP contribution in [0, 0.1) is 6.92 Å². The maximum Gasteiger partial charge on any atom is 0.335 e. The number of aryl methyl sites for hydroxylation is 1. The third-order valence-corrected chi connectivity index (χ3v) is 3.29. The molecule has 1 aliphatic rings. The first-order valence-corrected chi connectivity index (χ1v) is 6.34. The van der Waals surface area contributed by atoms with Crippen molar-refractivity contribution in [3.63, 3.8) is 0 Å². The highest BCUT2D eigenvalue weighted by Crippen LogP contribution is 2.29. The lowest BCUT2D eigenvalue weighted by Gasteiger charge is -2.20. The zero-order valence-electron chi connectivity index (χ0n) is 11.2. The Balaban J connectivity index is 2.22. The third kappa shape index (κ3) is 2.40. The number of benzene rings is 1. The molecule has 0 radical (unpaired) electrons. The van der Waals surface area contributed by atoms with Crippen LogP contribution in [-0.4, -0.2) is 19.1 Å². The Morgan fingerprint density at radius 3 is 2.56 bits per heavy atom. The first-order chi connectivity index (χ1) is 8.63. The van der Waals surface area contributed by atoms with E-state index in [1.165, 1.54) is 5.56 Å². The van der Waals surface area contributed by atoms with Gasteiger partial charge in [0.25, 0.3) is 0 Å². The average molecular weight is 245 g/mol. The highest BCUT2D eigenvalue weighted by atomic mass is 16.5. The van der Waals surface area contributed by atoms with E-state index in [2.05, 4.69) is 36.1 Å². The molecular weight excluding hydrogens is 226 g/mol. The van der Waals surface area contributed by atoms with Crippen LogP contribution in [0.25, 0.3) is 0 Å². The molecule has 0 amide bonds. The van der Waals surface area contributed by atoms with Gasteiger partial charge < -0.3 is 9.64 Å². The quantitative estimate of drug-likeness (QED) is 0.767. The van der Waals surface area contributed by atoms with Gasteiger partial charge in [0.15, 0.2) is 0 Å². The summed E-state index contributed by atoms with van der Waals surface area (Å²) in [5, 5.41) is 0. The van der Waals surface area contributed by atoms with Gasteiger partial charge >= 0.3 is 5.97 Å². The highest BCUT2D eigenvalue weighted by molar-refractivity contribution is 5.91. The second-order valence-electron chi connectivity index (χ2n) is 4.52. The van der Waals surface area contributed by atoms with Crippen LogP contribution in [0.15, 0.2) is 35.5 Å². The van der Waals surface area contributed by atoms with Crippen molar-refractivity contribution in [2.45, 2.75) is 27.2 Å². The molecule has 18 heavy (non-hydrogen) atoms. The van der Waals surface area contributed by atoms with Gasteiger partial charge in [0.05, 0.1) is 12.2 Å². The molecule has 0 unspecified atom stereocenters.